The number of benzene rings is 2. The molecule has 0 aromatic heterocycles. The molecule has 1 aliphatic rings. The molecule has 1 saturated carbocycles. The third-order valence-electron chi connectivity index (χ3n) is 4.22. The van der Waals surface area contributed by atoms with E-state index in [-0.39, 0.29) is 17.9 Å². The first kappa shape index (κ1) is 15.3. The lowest BCUT2D eigenvalue weighted by atomic mass is 10.1. The third kappa shape index (κ3) is 3.42. The second-order valence-corrected chi connectivity index (χ2v) is 6.01. The molecule has 2 aromatic carbocycles. The van der Waals surface area contributed by atoms with Crippen LogP contribution in [0.25, 0.3) is 0 Å². The average Bonchev–Trinajstić information content (AvgIpc) is 3.37. The Hall–Kier alpha value is -2.62. The van der Waals surface area contributed by atoms with E-state index in [1.165, 1.54) is 0 Å². The molecule has 0 bridgehead atoms. The molecule has 1 fully saturated rings. The molecule has 0 saturated heterocycles. The number of carbonyl (C=O) groups is 2. The quantitative estimate of drug-likeness (QED) is 0.892. The van der Waals surface area contributed by atoms with E-state index >= 15 is 0 Å². The van der Waals surface area contributed by atoms with E-state index in [0.717, 1.165) is 5.56 Å². The van der Waals surface area contributed by atoms with E-state index in [1.807, 2.05) is 55.5 Å². The van der Waals surface area contributed by atoms with Gasteiger partial charge in [0.05, 0.1) is 6.04 Å². The fraction of sp³-hybridized carbons (Fsp3) is 0.263. The summed E-state index contributed by atoms with van der Waals surface area (Å²) in [6, 6.07) is 18.7. The molecular weight excluding hydrogens is 288 g/mol. The van der Waals surface area contributed by atoms with E-state index in [9.17, 15) is 9.59 Å². The van der Waals surface area contributed by atoms with Crippen molar-refractivity contribution in [2.45, 2.75) is 31.3 Å². The first-order valence-electron chi connectivity index (χ1n) is 7.84. The zero-order valence-electron chi connectivity index (χ0n) is 13.1. The van der Waals surface area contributed by atoms with E-state index in [0.29, 0.717) is 18.4 Å². The summed E-state index contributed by atoms with van der Waals surface area (Å²) >= 11 is 0. The van der Waals surface area contributed by atoms with E-state index < -0.39 is 5.54 Å². The van der Waals surface area contributed by atoms with Gasteiger partial charge in [0.2, 0.25) is 5.91 Å². The molecule has 2 amide bonds. The first-order chi connectivity index (χ1) is 11.1. The van der Waals surface area contributed by atoms with Crippen molar-refractivity contribution in [2.24, 2.45) is 0 Å². The molecule has 2 N–H and O–H groups in total. The van der Waals surface area contributed by atoms with Crippen molar-refractivity contribution >= 4 is 11.8 Å². The lowest BCUT2D eigenvalue weighted by molar-refractivity contribution is -0.124. The molecule has 0 spiro atoms. The summed E-state index contributed by atoms with van der Waals surface area (Å²) in [6.07, 6.45) is 1.36. The van der Waals surface area contributed by atoms with Gasteiger partial charge in [0, 0.05) is 5.56 Å². The number of amides is 2. The highest BCUT2D eigenvalue weighted by Crippen LogP contribution is 2.36. The van der Waals surface area contributed by atoms with Crippen molar-refractivity contribution in [2.75, 3.05) is 0 Å². The fourth-order valence-corrected chi connectivity index (χ4v) is 2.57. The Balaban J connectivity index is 1.64. The lowest BCUT2D eigenvalue weighted by Gasteiger charge is -2.21. The average molecular weight is 308 g/mol. The molecule has 1 aliphatic carbocycles. The maximum absolute atomic E-state index is 12.6. The number of rotatable bonds is 5. The van der Waals surface area contributed by atoms with Gasteiger partial charge >= 0.3 is 0 Å². The molecule has 118 valence electrons. The molecule has 3 rings (SSSR count). The van der Waals surface area contributed by atoms with Crippen molar-refractivity contribution in [3.8, 4) is 0 Å². The topological polar surface area (TPSA) is 58.2 Å². The normalized spacial score (nSPS) is 16.2. The maximum Gasteiger partial charge on any atom is 0.252 e. The van der Waals surface area contributed by atoms with Gasteiger partial charge in [-0.1, -0.05) is 48.5 Å². The van der Waals surface area contributed by atoms with Gasteiger partial charge in [-0.25, -0.2) is 0 Å². The first-order valence-corrected chi connectivity index (χ1v) is 7.84. The highest BCUT2D eigenvalue weighted by molar-refractivity contribution is 6.00. The van der Waals surface area contributed by atoms with Crippen molar-refractivity contribution in [3.63, 3.8) is 0 Å². The predicted molar refractivity (Wildman–Crippen MR) is 88.9 cm³/mol. The highest BCUT2D eigenvalue weighted by atomic mass is 16.2. The summed E-state index contributed by atoms with van der Waals surface area (Å²) in [5, 5.41) is 5.89. The minimum Gasteiger partial charge on any atom is -0.348 e. The van der Waals surface area contributed by atoms with Crippen molar-refractivity contribution < 1.29 is 9.59 Å². The van der Waals surface area contributed by atoms with Gasteiger partial charge < -0.3 is 10.6 Å². The number of carbonyl (C=O) groups excluding carboxylic acids is 2. The highest BCUT2D eigenvalue weighted by Gasteiger charge is 2.51. The Morgan fingerprint density at radius 1 is 0.957 bits per heavy atom. The Labute approximate surface area is 135 Å². The van der Waals surface area contributed by atoms with Gasteiger partial charge in [-0.3, -0.25) is 9.59 Å². The van der Waals surface area contributed by atoms with Crippen LogP contribution in [0.3, 0.4) is 0 Å². The van der Waals surface area contributed by atoms with Gasteiger partial charge in [0.1, 0.15) is 5.54 Å². The second kappa shape index (κ2) is 6.24. The zero-order valence-corrected chi connectivity index (χ0v) is 13.1. The minimum absolute atomic E-state index is 0.0881. The summed E-state index contributed by atoms with van der Waals surface area (Å²) in [7, 11) is 0. The lowest BCUT2D eigenvalue weighted by Crippen LogP contribution is -2.49. The van der Waals surface area contributed by atoms with Crippen LogP contribution < -0.4 is 10.6 Å². The monoisotopic (exact) mass is 308 g/mol. The predicted octanol–water partition coefficient (Wildman–Crippen LogP) is 2.83. The van der Waals surface area contributed by atoms with Crippen LogP contribution >= 0.6 is 0 Å². The summed E-state index contributed by atoms with van der Waals surface area (Å²) in [5.74, 6) is -0.316. The van der Waals surface area contributed by atoms with Crippen molar-refractivity contribution in [3.05, 3.63) is 71.8 Å². The molecule has 23 heavy (non-hydrogen) atoms. The van der Waals surface area contributed by atoms with E-state index in [2.05, 4.69) is 10.6 Å². The van der Waals surface area contributed by atoms with Crippen LogP contribution in [0.1, 0.15) is 41.7 Å². The molecule has 0 unspecified atom stereocenters. The third-order valence-corrected chi connectivity index (χ3v) is 4.22. The van der Waals surface area contributed by atoms with E-state index in [4.69, 9.17) is 0 Å². The molecule has 1 atom stereocenters. The van der Waals surface area contributed by atoms with Gasteiger partial charge in [-0.2, -0.15) is 0 Å². The molecule has 0 radical (unpaired) electrons. The van der Waals surface area contributed by atoms with Gasteiger partial charge in [0.25, 0.3) is 5.91 Å². The second-order valence-electron chi connectivity index (χ2n) is 6.01. The minimum atomic E-state index is -0.754. The molecular formula is C19H20N2O2. The summed E-state index contributed by atoms with van der Waals surface area (Å²) in [6.45, 7) is 1.95. The molecule has 0 heterocycles. The van der Waals surface area contributed by atoms with Gasteiger partial charge in [-0.05, 0) is 37.5 Å². The van der Waals surface area contributed by atoms with E-state index in [1.54, 1.807) is 12.1 Å². The maximum atomic E-state index is 12.6. The van der Waals surface area contributed by atoms with Gasteiger partial charge in [-0.15, -0.1) is 0 Å². The Morgan fingerprint density at radius 3 is 2.09 bits per heavy atom. The Bertz CT molecular complexity index is 694. The summed E-state index contributed by atoms with van der Waals surface area (Å²) in [4.78, 5) is 24.8. The SMILES string of the molecule is C[C@@H](NC(=O)C1(NC(=O)c2ccccc2)CC1)c1ccccc1. The summed E-state index contributed by atoms with van der Waals surface area (Å²) < 4.78 is 0. The standard InChI is InChI=1S/C19H20N2O2/c1-14(15-8-4-2-5-9-15)20-18(23)19(12-13-19)21-17(22)16-10-6-3-7-11-16/h2-11,14H,12-13H2,1H3,(H,20,23)(H,21,22)/t14-/m1/s1. The van der Waals surface area contributed by atoms with Crippen molar-refractivity contribution in [1.82, 2.24) is 10.6 Å². The van der Waals surface area contributed by atoms with Gasteiger partial charge in [0.15, 0.2) is 0 Å². The number of hydrogen-bond donors (Lipinski definition) is 2. The zero-order chi connectivity index (χ0) is 16.3. The Morgan fingerprint density at radius 2 is 1.52 bits per heavy atom. The fourth-order valence-electron chi connectivity index (χ4n) is 2.57. The van der Waals surface area contributed by atoms with Crippen LogP contribution in [-0.4, -0.2) is 17.4 Å². The Kier molecular flexibility index (Phi) is 4.15. The van der Waals surface area contributed by atoms with Crippen LogP contribution in [0.4, 0.5) is 0 Å². The smallest absolute Gasteiger partial charge is 0.252 e. The molecule has 2 aromatic rings. The van der Waals surface area contributed by atoms with Crippen LogP contribution in [0.2, 0.25) is 0 Å². The van der Waals surface area contributed by atoms with Crippen LogP contribution in [0, 0.1) is 0 Å². The number of nitrogens with one attached hydrogen (secondary N) is 2. The van der Waals surface area contributed by atoms with Crippen LogP contribution in [0.5, 0.6) is 0 Å². The van der Waals surface area contributed by atoms with Crippen LogP contribution in [0.15, 0.2) is 60.7 Å². The largest absolute Gasteiger partial charge is 0.348 e. The molecule has 4 nitrogen and oxygen atoms in total. The molecule has 4 heteroatoms. The van der Waals surface area contributed by atoms with Crippen LogP contribution in [-0.2, 0) is 4.79 Å². The summed E-state index contributed by atoms with van der Waals surface area (Å²) in [5.41, 5.74) is 0.865. The number of hydrogen-bond acceptors (Lipinski definition) is 2. The molecule has 0 aliphatic heterocycles. The van der Waals surface area contributed by atoms with Crippen molar-refractivity contribution in [1.29, 1.82) is 0 Å².